The molecular weight excluding hydrogens is 260 g/mol. The van der Waals surface area contributed by atoms with E-state index in [-0.39, 0.29) is 6.04 Å². The average molecular weight is 290 g/mol. The summed E-state index contributed by atoms with van der Waals surface area (Å²) in [5.41, 5.74) is 10.1. The van der Waals surface area contributed by atoms with Crippen LogP contribution in [0.3, 0.4) is 0 Å². The largest absolute Gasteiger partial charge is 0.376 e. The van der Waals surface area contributed by atoms with Crippen LogP contribution in [-0.4, -0.2) is 31.8 Å². The van der Waals surface area contributed by atoms with Gasteiger partial charge in [0, 0.05) is 31.4 Å². The lowest BCUT2D eigenvalue weighted by atomic mass is 10.00. The van der Waals surface area contributed by atoms with E-state index in [4.69, 9.17) is 10.5 Å². The van der Waals surface area contributed by atoms with Gasteiger partial charge in [0.15, 0.2) is 0 Å². The van der Waals surface area contributed by atoms with Crippen LogP contribution in [0.5, 0.6) is 0 Å². The quantitative estimate of drug-likeness (QED) is 0.874. The van der Waals surface area contributed by atoms with E-state index in [1.807, 2.05) is 0 Å². The summed E-state index contributed by atoms with van der Waals surface area (Å²) in [5.74, 6) is 0. The SMILES string of the molecule is CCCOC1CCCN(c2ccc(C)cc2CC(C)N)C1. The van der Waals surface area contributed by atoms with Crippen LogP contribution in [0.25, 0.3) is 0 Å². The van der Waals surface area contributed by atoms with Crippen molar-refractivity contribution in [1.29, 1.82) is 0 Å². The molecule has 1 aromatic carbocycles. The number of rotatable bonds is 6. The molecule has 0 aliphatic carbocycles. The molecule has 0 aromatic heterocycles. The van der Waals surface area contributed by atoms with Crippen molar-refractivity contribution in [2.45, 2.75) is 58.6 Å². The Kier molecular flexibility index (Phi) is 6.07. The topological polar surface area (TPSA) is 38.5 Å². The third-order valence-electron chi connectivity index (χ3n) is 4.05. The molecule has 3 nitrogen and oxygen atoms in total. The number of hydrogen-bond donors (Lipinski definition) is 1. The maximum atomic E-state index is 6.02. The fraction of sp³-hybridized carbons (Fsp3) is 0.667. The van der Waals surface area contributed by atoms with Crippen molar-refractivity contribution in [2.75, 3.05) is 24.6 Å². The molecule has 21 heavy (non-hydrogen) atoms. The third kappa shape index (κ3) is 4.72. The van der Waals surface area contributed by atoms with E-state index in [0.717, 1.165) is 32.5 Å². The van der Waals surface area contributed by atoms with Gasteiger partial charge in [0.2, 0.25) is 0 Å². The molecular formula is C18H30N2O. The summed E-state index contributed by atoms with van der Waals surface area (Å²) in [4.78, 5) is 2.49. The first kappa shape index (κ1) is 16.3. The Labute approximate surface area is 129 Å². The fourth-order valence-corrected chi connectivity index (χ4v) is 3.11. The first-order valence-electron chi connectivity index (χ1n) is 8.31. The number of anilines is 1. The van der Waals surface area contributed by atoms with Gasteiger partial charge >= 0.3 is 0 Å². The minimum absolute atomic E-state index is 0.197. The molecule has 3 heteroatoms. The number of benzene rings is 1. The van der Waals surface area contributed by atoms with Gasteiger partial charge in [0.25, 0.3) is 0 Å². The molecule has 1 aliphatic rings. The van der Waals surface area contributed by atoms with Crippen LogP contribution in [-0.2, 0) is 11.2 Å². The maximum Gasteiger partial charge on any atom is 0.0750 e. The van der Waals surface area contributed by atoms with Gasteiger partial charge in [0.05, 0.1) is 6.10 Å². The van der Waals surface area contributed by atoms with Crippen LogP contribution in [0, 0.1) is 6.92 Å². The van der Waals surface area contributed by atoms with Gasteiger partial charge < -0.3 is 15.4 Å². The Morgan fingerprint density at radius 1 is 1.43 bits per heavy atom. The van der Waals surface area contributed by atoms with Gasteiger partial charge in [-0.25, -0.2) is 0 Å². The second-order valence-corrected chi connectivity index (χ2v) is 6.39. The first-order chi connectivity index (χ1) is 10.1. The summed E-state index contributed by atoms with van der Waals surface area (Å²) < 4.78 is 5.96. The van der Waals surface area contributed by atoms with Crippen LogP contribution >= 0.6 is 0 Å². The normalized spacial score (nSPS) is 20.6. The molecule has 1 saturated heterocycles. The van der Waals surface area contributed by atoms with E-state index in [1.54, 1.807) is 0 Å². The number of aryl methyl sites for hydroxylation is 1. The van der Waals surface area contributed by atoms with Crippen molar-refractivity contribution in [3.8, 4) is 0 Å². The summed E-state index contributed by atoms with van der Waals surface area (Å²) in [6, 6.07) is 6.95. The highest BCUT2D eigenvalue weighted by Gasteiger charge is 2.22. The Hall–Kier alpha value is -1.06. The van der Waals surface area contributed by atoms with E-state index in [0.29, 0.717) is 6.10 Å². The molecule has 1 aromatic rings. The zero-order chi connectivity index (χ0) is 15.2. The molecule has 1 fully saturated rings. The molecule has 2 atom stereocenters. The molecule has 0 radical (unpaired) electrons. The molecule has 0 spiro atoms. The summed E-state index contributed by atoms with van der Waals surface area (Å²) in [7, 11) is 0. The Morgan fingerprint density at radius 2 is 2.24 bits per heavy atom. The molecule has 0 amide bonds. The van der Waals surface area contributed by atoms with Crippen molar-refractivity contribution < 1.29 is 4.74 Å². The second kappa shape index (κ2) is 7.81. The highest BCUT2D eigenvalue weighted by molar-refractivity contribution is 5.55. The van der Waals surface area contributed by atoms with E-state index in [9.17, 15) is 0 Å². The van der Waals surface area contributed by atoms with Crippen LogP contribution in [0.1, 0.15) is 44.2 Å². The third-order valence-corrected chi connectivity index (χ3v) is 4.05. The van der Waals surface area contributed by atoms with Gasteiger partial charge in [-0.2, -0.15) is 0 Å². The monoisotopic (exact) mass is 290 g/mol. The summed E-state index contributed by atoms with van der Waals surface area (Å²) >= 11 is 0. The summed E-state index contributed by atoms with van der Waals surface area (Å²) in [6.45, 7) is 9.41. The van der Waals surface area contributed by atoms with Gasteiger partial charge in [0.1, 0.15) is 0 Å². The van der Waals surface area contributed by atoms with Gasteiger partial charge in [-0.05, 0) is 51.2 Å². The van der Waals surface area contributed by atoms with Crippen LogP contribution < -0.4 is 10.6 Å². The van der Waals surface area contributed by atoms with Crippen molar-refractivity contribution >= 4 is 5.69 Å². The van der Waals surface area contributed by atoms with Gasteiger partial charge in [-0.1, -0.05) is 24.6 Å². The fourth-order valence-electron chi connectivity index (χ4n) is 3.11. The zero-order valence-electron chi connectivity index (χ0n) is 13.8. The number of ether oxygens (including phenoxy) is 1. The smallest absolute Gasteiger partial charge is 0.0750 e. The minimum atomic E-state index is 0.197. The maximum absolute atomic E-state index is 6.02. The Bertz CT molecular complexity index is 445. The highest BCUT2D eigenvalue weighted by Crippen LogP contribution is 2.27. The molecule has 1 aliphatic heterocycles. The summed E-state index contributed by atoms with van der Waals surface area (Å²) in [5, 5.41) is 0. The van der Waals surface area contributed by atoms with Crippen LogP contribution in [0.2, 0.25) is 0 Å². The second-order valence-electron chi connectivity index (χ2n) is 6.39. The lowest BCUT2D eigenvalue weighted by Gasteiger charge is -2.35. The first-order valence-corrected chi connectivity index (χ1v) is 8.31. The molecule has 118 valence electrons. The van der Waals surface area contributed by atoms with E-state index < -0.39 is 0 Å². The van der Waals surface area contributed by atoms with E-state index in [2.05, 4.69) is 43.9 Å². The van der Waals surface area contributed by atoms with Gasteiger partial charge in [-0.3, -0.25) is 0 Å². The minimum Gasteiger partial charge on any atom is -0.376 e. The molecule has 2 N–H and O–H groups in total. The highest BCUT2D eigenvalue weighted by atomic mass is 16.5. The lowest BCUT2D eigenvalue weighted by Crippen LogP contribution is -2.40. The van der Waals surface area contributed by atoms with Crippen molar-refractivity contribution in [2.24, 2.45) is 5.73 Å². The predicted molar refractivity (Wildman–Crippen MR) is 90.0 cm³/mol. The predicted octanol–water partition coefficient (Wildman–Crippen LogP) is 3.28. The van der Waals surface area contributed by atoms with E-state index in [1.165, 1.54) is 29.7 Å². The van der Waals surface area contributed by atoms with Crippen molar-refractivity contribution in [3.63, 3.8) is 0 Å². The zero-order valence-corrected chi connectivity index (χ0v) is 13.8. The number of nitrogens with two attached hydrogens (primary N) is 1. The molecule has 2 rings (SSSR count). The molecule has 0 saturated carbocycles. The number of piperidine rings is 1. The van der Waals surface area contributed by atoms with Gasteiger partial charge in [-0.15, -0.1) is 0 Å². The molecule has 1 heterocycles. The Morgan fingerprint density at radius 3 is 2.95 bits per heavy atom. The average Bonchev–Trinajstić information content (AvgIpc) is 2.45. The number of hydrogen-bond acceptors (Lipinski definition) is 3. The van der Waals surface area contributed by atoms with Crippen molar-refractivity contribution in [1.82, 2.24) is 0 Å². The van der Waals surface area contributed by atoms with Crippen molar-refractivity contribution in [3.05, 3.63) is 29.3 Å². The molecule has 2 unspecified atom stereocenters. The van der Waals surface area contributed by atoms with Crippen LogP contribution in [0.15, 0.2) is 18.2 Å². The standard InChI is InChI=1S/C18H30N2O/c1-4-10-21-17-6-5-9-20(13-17)18-8-7-14(2)11-16(18)12-15(3)19/h7-8,11,15,17H,4-6,9-10,12-13,19H2,1-3H3. The van der Waals surface area contributed by atoms with Crippen LogP contribution in [0.4, 0.5) is 5.69 Å². The summed E-state index contributed by atoms with van der Waals surface area (Å²) in [6.07, 6.45) is 4.80. The van der Waals surface area contributed by atoms with E-state index >= 15 is 0 Å². The molecule has 0 bridgehead atoms. The number of nitrogens with zero attached hydrogens (tertiary/aromatic N) is 1. The Balaban J connectivity index is 2.12. The lowest BCUT2D eigenvalue weighted by molar-refractivity contribution is 0.0440.